The number of nitrogens with zero attached hydrogens (tertiary/aromatic N) is 2. The average molecular weight is 507 g/mol. The summed E-state index contributed by atoms with van der Waals surface area (Å²) in [5.74, 6) is -0.486. The topological polar surface area (TPSA) is 75.9 Å². The SMILES string of the molecule is CN(C)/C=c1\sc2c(S(=O)(=O)c3ccc(Cl)cc3)cc(C(=O)c3ccc(Cl)cc3)n2c1=O. The molecule has 0 aliphatic rings. The molecule has 0 saturated carbocycles. The molecule has 0 aliphatic carbocycles. The van der Waals surface area contributed by atoms with E-state index in [1.54, 1.807) is 37.3 Å². The monoisotopic (exact) mass is 506 g/mol. The van der Waals surface area contributed by atoms with Crippen molar-refractivity contribution < 1.29 is 13.2 Å². The Morgan fingerprint density at radius 2 is 1.56 bits per heavy atom. The first kappa shape index (κ1) is 22.5. The van der Waals surface area contributed by atoms with Crippen LogP contribution in [0.5, 0.6) is 0 Å². The van der Waals surface area contributed by atoms with Gasteiger partial charge in [0.2, 0.25) is 15.6 Å². The van der Waals surface area contributed by atoms with Crippen molar-refractivity contribution in [3.63, 3.8) is 0 Å². The summed E-state index contributed by atoms with van der Waals surface area (Å²) in [6.45, 7) is 0. The number of hydrogen-bond donors (Lipinski definition) is 0. The van der Waals surface area contributed by atoms with E-state index in [0.29, 0.717) is 14.6 Å². The number of fused-ring (bicyclic) bond motifs is 1. The molecule has 0 amide bonds. The number of carbonyl (C=O) groups is 1. The summed E-state index contributed by atoms with van der Waals surface area (Å²) in [5, 5.41) is 0.848. The van der Waals surface area contributed by atoms with Gasteiger partial charge in [-0.15, -0.1) is 11.3 Å². The van der Waals surface area contributed by atoms with Crippen LogP contribution in [0.2, 0.25) is 10.0 Å². The first-order valence-corrected chi connectivity index (χ1v) is 12.3. The lowest BCUT2D eigenvalue weighted by Crippen LogP contribution is -2.27. The number of carbonyl (C=O) groups excluding carboxylic acids is 1. The number of benzene rings is 2. The third-order valence-electron chi connectivity index (χ3n) is 4.67. The van der Waals surface area contributed by atoms with Crippen molar-refractivity contribution >= 4 is 61.2 Å². The number of aromatic nitrogens is 1. The lowest BCUT2D eigenvalue weighted by Gasteiger charge is -2.02. The lowest BCUT2D eigenvalue weighted by molar-refractivity contribution is 0.103. The molecule has 0 unspecified atom stereocenters. The van der Waals surface area contributed by atoms with Crippen LogP contribution in [0.4, 0.5) is 0 Å². The number of thiazole rings is 1. The molecule has 0 saturated heterocycles. The van der Waals surface area contributed by atoms with E-state index >= 15 is 0 Å². The molecule has 4 rings (SSSR count). The zero-order valence-electron chi connectivity index (χ0n) is 16.9. The first-order chi connectivity index (χ1) is 15.1. The fourth-order valence-electron chi connectivity index (χ4n) is 3.19. The molecule has 2 heterocycles. The molecule has 0 aliphatic heterocycles. The van der Waals surface area contributed by atoms with Gasteiger partial charge in [-0.2, -0.15) is 0 Å². The highest BCUT2D eigenvalue weighted by Crippen LogP contribution is 2.30. The number of hydrogen-bond acceptors (Lipinski definition) is 6. The van der Waals surface area contributed by atoms with Crippen molar-refractivity contribution in [2.24, 2.45) is 0 Å². The van der Waals surface area contributed by atoms with Gasteiger partial charge in [-0.05, 0) is 54.6 Å². The quantitative estimate of drug-likeness (QED) is 0.385. The second-order valence-electron chi connectivity index (χ2n) is 7.19. The van der Waals surface area contributed by atoms with Crippen molar-refractivity contribution in [1.82, 2.24) is 9.30 Å². The Kier molecular flexibility index (Phi) is 5.89. The standard InChI is InChI=1S/C22H16Cl2N2O4S2/c1-25(2)12-18-21(28)26-17(20(27)13-3-5-14(23)6-4-13)11-19(22(26)31-18)32(29,30)16-9-7-15(24)8-10-16/h3-12H,1-2H3/b18-12-. The smallest absolute Gasteiger partial charge is 0.275 e. The number of ketones is 1. The maximum absolute atomic E-state index is 13.4. The lowest BCUT2D eigenvalue weighted by atomic mass is 10.1. The molecule has 164 valence electrons. The molecular weight excluding hydrogens is 491 g/mol. The third kappa shape index (κ3) is 3.95. The predicted molar refractivity (Wildman–Crippen MR) is 127 cm³/mol. The Bertz CT molecular complexity index is 1550. The largest absolute Gasteiger partial charge is 0.382 e. The molecule has 6 nitrogen and oxygen atoms in total. The Hall–Kier alpha value is -2.65. The van der Waals surface area contributed by atoms with E-state index in [1.807, 2.05) is 0 Å². The van der Waals surface area contributed by atoms with Crippen molar-refractivity contribution in [2.75, 3.05) is 14.1 Å². The Balaban J connectivity index is 2.02. The minimum atomic E-state index is -4.02. The highest BCUT2D eigenvalue weighted by atomic mass is 35.5. The van der Waals surface area contributed by atoms with Crippen LogP contribution in [0.25, 0.3) is 11.0 Å². The molecule has 0 atom stereocenters. The summed E-state index contributed by atoms with van der Waals surface area (Å²) in [4.78, 5) is 28.1. The second-order valence-corrected chi connectivity index (χ2v) is 11.0. The highest BCUT2D eigenvalue weighted by molar-refractivity contribution is 7.91. The zero-order chi connectivity index (χ0) is 23.2. The van der Waals surface area contributed by atoms with E-state index in [0.717, 1.165) is 11.3 Å². The van der Waals surface area contributed by atoms with Gasteiger partial charge < -0.3 is 4.90 Å². The third-order valence-corrected chi connectivity index (χ3v) is 8.18. The van der Waals surface area contributed by atoms with Crippen molar-refractivity contribution in [3.05, 3.63) is 90.8 Å². The number of rotatable bonds is 5. The van der Waals surface area contributed by atoms with Gasteiger partial charge in [0.05, 0.1) is 10.6 Å². The molecule has 10 heteroatoms. The molecule has 0 spiro atoms. The summed E-state index contributed by atoms with van der Waals surface area (Å²) in [7, 11) is -0.525. The molecule has 2 aromatic heterocycles. The van der Waals surface area contributed by atoms with Crippen molar-refractivity contribution in [1.29, 1.82) is 0 Å². The van der Waals surface area contributed by atoms with Crippen LogP contribution in [0.1, 0.15) is 16.1 Å². The fraction of sp³-hybridized carbons (Fsp3) is 0.0909. The minimum absolute atomic E-state index is 0.0129. The molecule has 0 bridgehead atoms. The van der Waals surface area contributed by atoms with Gasteiger partial charge in [0, 0.05) is 35.9 Å². The number of sulfone groups is 1. The van der Waals surface area contributed by atoms with E-state index in [2.05, 4.69) is 0 Å². The molecule has 0 radical (unpaired) electrons. The van der Waals surface area contributed by atoms with Gasteiger partial charge in [0.1, 0.15) is 14.3 Å². The molecule has 0 N–H and O–H groups in total. The van der Waals surface area contributed by atoms with Gasteiger partial charge in [-0.1, -0.05) is 23.2 Å². The summed E-state index contributed by atoms with van der Waals surface area (Å²) < 4.78 is 28.3. The normalized spacial score (nSPS) is 12.4. The van der Waals surface area contributed by atoms with E-state index in [-0.39, 0.29) is 25.9 Å². The molecule has 2 aromatic carbocycles. The maximum Gasteiger partial charge on any atom is 0.275 e. The summed E-state index contributed by atoms with van der Waals surface area (Å²) in [6.07, 6.45) is 1.59. The van der Waals surface area contributed by atoms with E-state index in [9.17, 15) is 18.0 Å². The van der Waals surface area contributed by atoms with Crippen LogP contribution in [0.15, 0.2) is 69.2 Å². The van der Waals surface area contributed by atoms with Crippen LogP contribution < -0.4 is 10.1 Å². The average Bonchev–Trinajstić information content (AvgIpc) is 3.26. The van der Waals surface area contributed by atoms with Crippen molar-refractivity contribution in [3.8, 4) is 0 Å². The minimum Gasteiger partial charge on any atom is -0.382 e. The van der Waals surface area contributed by atoms with E-state index in [4.69, 9.17) is 23.2 Å². The summed E-state index contributed by atoms with van der Waals surface area (Å²) in [5.41, 5.74) is -0.212. The Morgan fingerprint density at radius 3 is 2.12 bits per heavy atom. The molecule has 32 heavy (non-hydrogen) atoms. The number of halogens is 2. The van der Waals surface area contributed by atoms with Crippen LogP contribution in [0, 0.1) is 0 Å². The molecule has 4 aromatic rings. The maximum atomic E-state index is 13.4. The van der Waals surface area contributed by atoms with Gasteiger partial charge in [0.15, 0.2) is 0 Å². The van der Waals surface area contributed by atoms with Crippen LogP contribution in [-0.2, 0) is 9.84 Å². The van der Waals surface area contributed by atoms with Gasteiger partial charge in [0.25, 0.3) is 5.56 Å². The highest BCUT2D eigenvalue weighted by Gasteiger charge is 2.29. The van der Waals surface area contributed by atoms with Gasteiger partial charge in [-0.25, -0.2) is 8.42 Å². The zero-order valence-corrected chi connectivity index (χ0v) is 20.0. The predicted octanol–water partition coefficient (Wildman–Crippen LogP) is 3.75. The van der Waals surface area contributed by atoms with Gasteiger partial charge >= 0.3 is 0 Å². The Labute approximate surface area is 197 Å². The fourth-order valence-corrected chi connectivity index (χ4v) is 6.32. The van der Waals surface area contributed by atoms with E-state index < -0.39 is 21.2 Å². The Morgan fingerprint density at radius 1 is 1.00 bits per heavy atom. The summed E-state index contributed by atoms with van der Waals surface area (Å²) in [6, 6.07) is 13.2. The molecular formula is C22H16Cl2N2O4S2. The summed E-state index contributed by atoms with van der Waals surface area (Å²) >= 11 is 12.8. The van der Waals surface area contributed by atoms with Crippen LogP contribution >= 0.6 is 34.5 Å². The van der Waals surface area contributed by atoms with Crippen LogP contribution in [0.3, 0.4) is 0 Å². The van der Waals surface area contributed by atoms with Crippen molar-refractivity contribution in [2.45, 2.75) is 9.79 Å². The van der Waals surface area contributed by atoms with E-state index in [1.165, 1.54) is 46.9 Å². The van der Waals surface area contributed by atoms with Gasteiger partial charge in [-0.3, -0.25) is 14.0 Å². The second kappa shape index (κ2) is 8.37. The first-order valence-electron chi connectivity index (χ1n) is 9.27. The molecule has 0 fully saturated rings. The van der Waals surface area contributed by atoms with Crippen LogP contribution in [-0.4, -0.2) is 37.6 Å².